The standard InChI is InChI=1S/C10H9F3N6S/c1-5-2-3-15-9(16-5)20-7-4-6(10(11,12)13)17-8(18-7)19-14/h2-4H,14H2,1H3,(H,17,18,19). The summed E-state index contributed by atoms with van der Waals surface area (Å²) in [4.78, 5) is 15.1. The summed E-state index contributed by atoms with van der Waals surface area (Å²) in [7, 11) is 0. The van der Waals surface area contributed by atoms with Crippen LogP contribution in [0.2, 0.25) is 0 Å². The van der Waals surface area contributed by atoms with Gasteiger partial charge in [0.05, 0.1) is 0 Å². The lowest BCUT2D eigenvalue weighted by Crippen LogP contribution is -2.15. The first-order chi connectivity index (χ1) is 9.38. The quantitative estimate of drug-likeness (QED) is 0.388. The van der Waals surface area contributed by atoms with Gasteiger partial charge in [0, 0.05) is 18.0 Å². The van der Waals surface area contributed by atoms with E-state index in [1.807, 2.05) is 5.43 Å². The molecule has 0 atom stereocenters. The molecule has 0 unspecified atom stereocenters. The molecule has 2 aromatic rings. The number of nitrogen functional groups attached to an aromatic ring is 1. The third-order valence-electron chi connectivity index (χ3n) is 2.09. The van der Waals surface area contributed by atoms with Crippen LogP contribution in [-0.2, 0) is 6.18 Å². The van der Waals surface area contributed by atoms with Gasteiger partial charge < -0.3 is 0 Å². The molecule has 0 aliphatic heterocycles. The number of aromatic nitrogens is 4. The molecule has 0 bridgehead atoms. The molecule has 0 saturated heterocycles. The first-order valence-corrected chi connectivity index (χ1v) is 6.10. The van der Waals surface area contributed by atoms with E-state index in [1.54, 1.807) is 13.0 Å². The molecule has 0 aliphatic carbocycles. The average Bonchev–Trinajstić information content (AvgIpc) is 2.37. The van der Waals surface area contributed by atoms with Crippen molar-refractivity contribution in [1.82, 2.24) is 19.9 Å². The molecule has 0 aliphatic rings. The summed E-state index contributed by atoms with van der Waals surface area (Å²) in [5.74, 6) is 4.74. The Kier molecular flexibility index (Phi) is 4.04. The summed E-state index contributed by atoms with van der Waals surface area (Å²) in [6.07, 6.45) is -3.07. The second kappa shape index (κ2) is 5.59. The molecule has 2 heterocycles. The minimum Gasteiger partial charge on any atom is -0.292 e. The van der Waals surface area contributed by atoms with Crippen molar-refractivity contribution >= 4 is 17.7 Å². The van der Waals surface area contributed by atoms with Crippen molar-refractivity contribution in [2.24, 2.45) is 5.84 Å². The Morgan fingerprint density at radius 1 is 1.25 bits per heavy atom. The summed E-state index contributed by atoms with van der Waals surface area (Å²) in [5.41, 5.74) is 1.61. The third kappa shape index (κ3) is 3.54. The summed E-state index contributed by atoms with van der Waals surface area (Å²) in [6.45, 7) is 1.75. The van der Waals surface area contributed by atoms with E-state index in [0.717, 1.165) is 17.8 Å². The molecule has 6 nitrogen and oxygen atoms in total. The van der Waals surface area contributed by atoms with Gasteiger partial charge in [-0.25, -0.2) is 25.8 Å². The van der Waals surface area contributed by atoms with Gasteiger partial charge in [0.2, 0.25) is 5.95 Å². The van der Waals surface area contributed by atoms with Crippen LogP contribution in [0.4, 0.5) is 19.1 Å². The van der Waals surface area contributed by atoms with Gasteiger partial charge in [-0.05, 0) is 24.8 Å². The normalized spacial score (nSPS) is 11.4. The van der Waals surface area contributed by atoms with Crippen LogP contribution in [0.3, 0.4) is 0 Å². The van der Waals surface area contributed by atoms with Crippen LogP contribution in [0.15, 0.2) is 28.5 Å². The fourth-order valence-electron chi connectivity index (χ4n) is 1.26. The van der Waals surface area contributed by atoms with Gasteiger partial charge in [0.25, 0.3) is 0 Å². The highest BCUT2D eigenvalue weighted by atomic mass is 32.2. The molecule has 20 heavy (non-hydrogen) atoms. The van der Waals surface area contributed by atoms with E-state index in [4.69, 9.17) is 5.84 Å². The summed E-state index contributed by atoms with van der Waals surface area (Å²) in [5, 5.41) is 0.339. The number of anilines is 1. The molecule has 0 fully saturated rings. The number of nitrogens with two attached hydrogens (primary N) is 1. The number of hydrogen-bond acceptors (Lipinski definition) is 7. The number of hydrazine groups is 1. The van der Waals surface area contributed by atoms with Crippen LogP contribution >= 0.6 is 11.8 Å². The third-order valence-corrected chi connectivity index (χ3v) is 2.89. The first-order valence-electron chi connectivity index (χ1n) is 5.29. The predicted octanol–water partition coefficient (Wildman–Crippen LogP) is 2.03. The van der Waals surface area contributed by atoms with E-state index in [9.17, 15) is 13.2 Å². The maximum absolute atomic E-state index is 12.7. The number of nitrogens with zero attached hydrogens (tertiary/aromatic N) is 4. The van der Waals surface area contributed by atoms with Gasteiger partial charge in [-0.15, -0.1) is 0 Å². The van der Waals surface area contributed by atoms with Crippen molar-refractivity contribution in [3.63, 3.8) is 0 Å². The predicted molar refractivity (Wildman–Crippen MR) is 65.7 cm³/mol. The molecule has 0 spiro atoms. The molecule has 2 aromatic heterocycles. The Morgan fingerprint density at radius 3 is 2.60 bits per heavy atom. The highest BCUT2D eigenvalue weighted by Gasteiger charge is 2.33. The maximum atomic E-state index is 12.7. The lowest BCUT2D eigenvalue weighted by molar-refractivity contribution is -0.141. The molecular weight excluding hydrogens is 293 g/mol. The Morgan fingerprint density at radius 2 is 2.00 bits per heavy atom. The van der Waals surface area contributed by atoms with Crippen LogP contribution in [-0.4, -0.2) is 19.9 Å². The van der Waals surface area contributed by atoms with Gasteiger partial charge in [0.1, 0.15) is 5.03 Å². The number of nitrogens with one attached hydrogen (secondary N) is 1. The second-order valence-corrected chi connectivity index (χ2v) is 4.63. The van der Waals surface area contributed by atoms with E-state index in [-0.39, 0.29) is 11.0 Å². The smallest absolute Gasteiger partial charge is 0.292 e. The number of rotatable bonds is 3. The Bertz CT molecular complexity index is 618. The maximum Gasteiger partial charge on any atom is 0.433 e. The SMILES string of the molecule is Cc1ccnc(Sc2cc(C(F)(F)F)nc(NN)n2)n1. The monoisotopic (exact) mass is 302 g/mol. The number of alkyl halides is 3. The highest BCUT2D eigenvalue weighted by Crippen LogP contribution is 2.32. The fourth-order valence-corrected chi connectivity index (χ4v) is 2.05. The first kappa shape index (κ1) is 14.5. The molecular formula is C10H9F3N6S. The summed E-state index contributed by atoms with van der Waals surface area (Å²) in [6, 6.07) is 2.50. The zero-order chi connectivity index (χ0) is 14.8. The molecule has 106 valence electrons. The van der Waals surface area contributed by atoms with Gasteiger partial charge in [-0.1, -0.05) is 0 Å². The minimum absolute atomic E-state index is 0.0471. The Hall–Kier alpha value is -1.94. The van der Waals surface area contributed by atoms with Gasteiger partial charge >= 0.3 is 6.18 Å². The lowest BCUT2D eigenvalue weighted by atomic mass is 10.4. The minimum atomic E-state index is -4.59. The molecule has 3 N–H and O–H groups in total. The van der Waals surface area contributed by atoms with Gasteiger partial charge in [-0.3, -0.25) is 5.43 Å². The van der Waals surface area contributed by atoms with E-state index in [2.05, 4.69) is 19.9 Å². The van der Waals surface area contributed by atoms with Crippen LogP contribution in [0, 0.1) is 6.92 Å². The van der Waals surface area contributed by atoms with Crippen LogP contribution < -0.4 is 11.3 Å². The van der Waals surface area contributed by atoms with E-state index in [1.165, 1.54) is 6.20 Å². The molecule has 0 aromatic carbocycles. The Labute approximate surface area is 116 Å². The topological polar surface area (TPSA) is 89.6 Å². The second-order valence-electron chi connectivity index (χ2n) is 3.64. The highest BCUT2D eigenvalue weighted by molar-refractivity contribution is 7.99. The zero-order valence-corrected chi connectivity index (χ0v) is 11.0. The van der Waals surface area contributed by atoms with Crippen molar-refractivity contribution in [3.05, 3.63) is 29.7 Å². The lowest BCUT2D eigenvalue weighted by Gasteiger charge is -2.09. The van der Waals surface area contributed by atoms with Crippen molar-refractivity contribution < 1.29 is 13.2 Å². The average molecular weight is 302 g/mol. The number of aryl methyl sites for hydroxylation is 1. The molecule has 10 heteroatoms. The van der Waals surface area contributed by atoms with Crippen molar-refractivity contribution in [3.8, 4) is 0 Å². The molecule has 0 saturated carbocycles. The molecule has 2 rings (SSSR count). The van der Waals surface area contributed by atoms with Crippen LogP contribution in [0.25, 0.3) is 0 Å². The fraction of sp³-hybridized carbons (Fsp3) is 0.200. The van der Waals surface area contributed by atoms with Crippen molar-refractivity contribution in [2.45, 2.75) is 23.3 Å². The number of hydrogen-bond donors (Lipinski definition) is 2. The Balaban J connectivity index is 2.36. The van der Waals surface area contributed by atoms with Crippen LogP contribution in [0.5, 0.6) is 0 Å². The summed E-state index contributed by atoms with van der Waals surface area (Å²) < 4.78 is 38.1. The van der Waals surface area contributed by atoms with E-state index >= 15 is 0 Å². The number of halogens is 3. The van der Waals surface area contributed by atoms with E-state index in [0.29, 0.717) is 10.9 Å². The largest absolute Gasteiger partial charge is 0.433 e. The van der Waals surface area contributed by atoms with Crippen molar-refractivity contribution in [2.75, 3.05) is 5.43 Å². The molecule has 0 radical (unpaired) electrons. The zero-order valence-electron chi connectivity index (χ0n) is 10.1. The van der Waals surface area contributed by atoms with Crippen LogP contribution in [0.1, 0.15) is 11.4 Å². The van der Waals surface area contributed by atoms with Crippen molar-refractivity contribution in [1.29, 1.82) is 0 Å². The molecule has 0 amide bonds. The van der Waals surface area contributed by atoms with E-state index < -0.39 is 11.9 Å². The van der Waals surface area contributed by atoms with Gasteiger partial charge in [-0.2, -0.15) is 13.2 Å². The summed E-state index contributed by atoms with van der Waals surface area (Å²) >= 11 is 0.893. The van der Waals surface area contributed by atoms with Gasteiger partial charge in [0.15, 0.2) is 10.9 Å².